The highest BCUT2D eigenvalue weighted by atomic mass is 32.2. The molecule has 0 aliphatic carbocycles. The average Bonchev–Trinajstić information content (AvgIpc) is 3.01. The second-order valence-corrected chi connectivity index (χ2v) is 8.58. The molecule has 3 rings (SSSR count). The molecule has 1 N–H and O–H groups in total. The van der Waals surface area contributed by atoms with Crippen molar-refractivity contribution in [3.63, 3.8) is 0 Å². The normalized spacial score (nSPS) is 11.6. The lowest BCUT2D eigenvalue weighted by molar-refractivity contribution is 0.0953. The zero-order valence-electron chi connectivity index (χ0n) is 14.7. The number of fused-ring (bicyclic) bond motifs is 1. The van der Waals surface area contributed by atoms with E-state index in [-0.39, 0.29) is 11.7 Å². The minimum Gasteiger partial charge on any atom is -0.352 e. The number of amides is 1. The molecule has 0 saturated carbocycles. The molecule has 1 heterocycles. The van der Waals surface area contributed by atoms with Crippen LogP contribution in [0.4, 0.5) is 0 Å². The molecule has 1 amide bonds. The lowest BCUT2D eigenvalue weighted by Crippen LogP contribution is -2.25. The van der Waals surface area contributed by atoms with Crippen LogP contribution in [0.5, 0.6) is 0 Å². The van der Waals surface area contributed by atoms with Crippen LogP contribution >= 0.6 is 0 Å². The van der Waals surface area contributed by atoms with Crippen molar-refractivity contribution in [1.82, 2.24) is 9.88 Å². The molecule has 0 fully saturated rings. The van der Waals surface area contributed by atoms with E-state index in [1.54, 1.807) is 24.3 Å². The Morgan fingerprint density at radius 3 is 2.50 bits per heavy atom. The number of aromatic nitrogens is 1. The Hall–Kier alpha value is -2.60. The van der Waals surface area contributed by atoms with Crippen molar-refractivity contribution >= 4 is 26.6 Å². The molecule has 2 aromatic carbocycles. The number of carbonyl (C=O) groups excluding carboxylic acids is 1. The molecule has 26 heavy (non-hydrogen) atoms. The molecule has 0 spiro atoms. The third kappa shape index (κ3) is 4.73. The highest BCUT2D eigenvalue weighted by Gasteiger charge is 2.08. The Bertz CT molecular complexity index is 1000. The van der Waals surface area contributed by atoms with Crippen LogP contribution in [-0.4, -0.2) is 31.7 Å². The third-order valence-electron chi connectivity index (χ3n) is 4.19. The number of sulfone groups is 1. The van der Waals surface area contributed by atoms with Crippen LogP contribution in [-0.2, 0) is 22.1 Å². The first kappa shape index (κ1) is 18.2. The van der Waals surface area contributed by atoms with Crippen LogP contribution in [0.2, 0.25) is 0 Å². The highest BCUT2D eigenvalue weighted by molar-refractivity contribution is 7.89. The summed E-state index contributed by atoms with van der Waals surface area (Å²) in [6.45, 7) is 1.41. The first-order valence-electron chi connectivity index (χ1n) is 8.51. The van der Waals surface area contributed by atoms with Gasteiger partial charge in [0.25, 0.3) is 5.91 Å². The summed E-state index contributed by atoms with van der Waals surface area (Å²) in [5.74, 6) is -0.159. The van der Waals surface area contributed by atoms with Gasteiger partial charge in [0.05, 0.1) is 5.75 Å². The second-order valence-electron chi connectivity index (χ2n) is 6.44. The molecule has 0 radical (unpaired) electrons. The minimum atomic E-state index is -3.07. The van der Waals surface area contributed by atoms with E-state index in [1.807, 2.05) is 12.1 Å². The number of hydrogen-bond acceptors (Lipinski definition) is 3. The van der Waals surface area contributed by atoms with E-state index in [0.717, 1.165) is 13.0 Å². The Labute approximate surface area is 153 Å². The van der Waals surface area contributed by atoms with Crippen molar-refractivity contribution in [3.05, 3.63) is 71.9 Å². The third-order valence-corrected chi connectivity index (χ3v) is 5.04. The number of rotatable bonds is 7. The summed E-state index contributed by atoms with van der Waals surface area (Å²) in [5.41, 5.74) is 2.41. The Balaban J connectivity index is 1.49. The molecule has 1 aromatic heterocycles. The standard InChI is InChI=1S/C20H22N2O3S/c1-26(24,25)15-16-7-9-18(10-8-16)20(23)21-12-4-13-22-14-11-17-5-2-3-6-19(17)22/h2-3,5-11,14H,4,12-13,15H2,1H3,(H,21,23). The molecule has 6 heteroatoms. The van der Waals surface area contributed by atoms with Gasteiger partial charge < -0.3 is 9.88 Å². The summed E-state index contributed by atoms with van der Waals surface area (Å²) in [6.07, 6.45) is 4.09. The maximum Gasteiger partial charge on any atom is 0.251 e. The molecule has 0 aliphatic rings. The lowest BCUT2D eigenvalue weighted by atomic mass is 10.1. The number of hydrogen-bond donors (Lipinski definition) is 1. The van der Waals surface area contributed by atoms with Gasteiger partial charge in [0.1, 0.15) is 0 Å². The topological polar surface area (TPSA) is 68.2 Å². The van der Waals surface area contributed by atoms with Gasteiger partial charge in [0.15, 0.2) is 9.84 Å². The Morgan fingerprint density at radius 1 is 1.04 bits per heavy atom. The number of nitrogens with zero attached hydrogens (tertiary/aromatic N) is 1. The molecular weight excluding hydrogens is 348 g/mol. The molecule has 0 bridgehead atoms. The van der Waals surface area contributed by atoms with Crippen molar-refractivity contribution in [1.29, 1.82) is 0 Å². The number of nitrogens with one attached hydrogen (secondary N) is 1. The SMILES string of the molecule is CS(=O)(=O)Cc1ccc(C(=O)NCCCn2ccc3ccccc32)cc1. The van der Waals surface area contributed by atoms with Gasteiger partial charge in [0, 0.05) is 36.6 Å². The fraction of sp³-hybridized carbons (Fsp3) is 0.250. The molecule has 5 nitrogen and oxygen atoms in total. The van der Waals surface area contributed by atoms with E-state index < -0.39 is 9.84 Å². The summed E-state index contributed by atoms with van der Waals surface area (Å²) >= 11 is 0. The van der Waals surface area contributed by atoms with E-state index in [2.05, 4.69) is 34.3 Å². The van der Waals surface area contributed by atoms with E-state index in [0.29, 0.717) is 17.7 Å². The average molecular weight is 370 g/mol. The van der Waals surface area contributed by atoms with Crippen molar-refractivity contribution in [3.8, 4) is 0 Å². The summed E-state index contributed by atoms with van der Waals surface area (Å²) in [5, 5.41) is 4.12. The van der Waals surface area contributed by atoms with Crippen LogP contribution in [0.1, 0.15) is 22.3 Å². The van der Waals surface area contributed by atoms with Gasteiger partial charge >= 0.3 is 0 Å². The number of benzene rings is 2. The Kier molecular flexibility index (Phi) is 5.42. The zero-order chi connectivity index (χ0) is 18.6. The monoisotopic (exact) mass is 370 g/mol. The van der Waals surface area contributed by atoms with Gasteiger partial charge in [-0.05, 0) is 41.6 Å². The first-order valence-corrected chi connectivity index (χ1v) is 10.6. The molecule has 0 unspecified atom stereocenters. The van der Waals surface area contributed by atoms with Crippen LogP contribution < -0.4 is 5.32 Å². The van der Waals surface area contributed by atoms with Gasteiger partial charge in [-0.3, -0.25) is 4.79 Å². The van der Waals surface area contributed by atoms with Crippen LogP contribution in [0.15, 0.2) is 60.8 Å². The van der Waals surface area contributed by atoms with Crippen molar-refractivity contribution in [2.75, 3.05) is 12.8 Å². The fourth-order valence-electron chi connectivity index (χ4n) is 2.94. The molecular formula is C20H22N2O3S. The van der Waals surface area contributed by atoms with Crippen molar-refractivity contribution in [2.45, 2.75) is 18.7 Å². The van der Waals surface area contributed by atoms with Gasteiger partial charge in [-0.2, -0.15) is 0 Å². The largest absolute Gasteiger partial charge is 0.352 e. The van der Waals surface area contributed by atoms with Crippen molar-refractivity contribution in [2.24, 2.45) is 0 Å². The number of aryl methyl sites for hydroxylation is 1. The van der Waals surface area contributed by atoms with Crippen LogP contribution in [0, 0.1) is 0 Å². The van der Waals surface area contributed by atoms with Crippen LogP contribution in [0.3, 0.4) is 0 Å². The predicted octanol–water partition coefficient (Wildman–Crippen LogP) is 3.01. The highest BCUT2D eigenvalue weighted by Crippen LogP contribution is 2.15. The van der Waals surface area contributed by atoms with E-state index in [4.69, 9.17) is 0 Å². The fourth-order valence-corrected chi connectivity index (χ4v) is 3.74. The lowest BCUT2D eigenvalue weighted by Gasteiger charge is -2.08. The summed E-state index contributed by atoms with van der Waals surface area (Å²) in [7, 11) is -3.07. The molecule has 0 atom stereocenters. The summed E-state index contributed by atoms with van der Waals surface area (Å²) < 4.78 is 24.8. The summed E-state index contributed by atoms with van der Waals surface area (Å²) in [6, 6.07) is 17.0. The van der Waals surface area contributed by atoms with Crippen LogP contribution in [0.25, 0.3) is 10.9 Å². The van der Waals surface area contributed by atoms with Gasteiger partial charge in [0.2, 0.25) is 0 Å². The second kappa shape index (κ2) is 7.74. The number of carbonyl (C=O) groups is 1. The van der Waals surface area contributed by atoms with Gasteiger partial charge in [-0.1, -0.05) is 30.3 Å². The maximum atomic E-state index is 12.2. The van der Waals surface area contributed by atoms with E-state index in [1.165, 1.54) is 17.2 Å². The maximum absolute atomic E-state index is 12.2. The number of para-hydroxylation sites is 1. The van der Waals surface area contributed by atoms with Gasteiger partial charge in [-0.25, -0.2) is 8.42 Å². The first-order chi connectivity index (χ1) is 12.4. The predicted molar refractivity (Wildman–Crippen MR) is 104 cm³/mol. The summed E-state index contributed by atoms with van der Waals surface area (Å²) in [4.78, 5) is 12.2. The quantitative estimate of drug-likeness (QED) is 0.650. The molecule has 0 aliphatic heterocycles. The minimum absolute atomic E-state index is 0.0142. The zero-order valence-corrected chi connectivity index (χ0v) is 15.5. The Morgan fingerprint density at radius 2 is 1.77 bits per heavy atom. The van der Waals surface area contributed by atoms with Gasteiger partial charge in [-0.15, -0.1) is 0 Å². The van der Waals surface area contributed by atoms with E-state index >= 15 is 0 Å². The van der Waals surface area contributed by atoms with Crippen molar-refractivity contribution < 1.29 is 13.2 Å². The van der Waals surface area contributed by atoms with E-state index in [9.17, 15) is 13.2 Å². The molecule has 0 saturated heterocycles. The smallest absolute Gasteiger partial charge is 0.251 e. The molecule has 3 aromatic rings. The molecule has 136 valence electrons.